The van der Waals surface area contributed by atoms with Gasteiger partial charge in [0, 0.05) is 6.07 Å². The van der Waals surface area contributed by atoms with Gasteiger partial charge in [-0.25, -0.2) is 4.52 Å². The van der Waals surface area contributed by atoms with Gasteiger partial charge in [-0.1, -0.05) is 0 Å². The maximum absolute atomic E-state index is 9.75. The molecule has 0 amide bonds. The average Bonchev–Trinajstić information content (AvgIpc) is 2.07. The predicted octanol–water partition coefficient (Wildman–Crippen LogP) is 1.39. The summed E-state index contributed by atoms with van der Waals surface area (Å²) in [6, 6.07) is 1.78. The van der Waals surface area contributed by atoms with Gasteiger partial charge in [0.1, 0.15) is 0 Å². The molecule has 1 aromatic rings. The Bertz CT molecular complexity index is 127. The van der Waals surface area contributed by atoms with Gasteiger partial charge in [-0.2, -0.15) is 0 Å². The number of H-pyrrole nitrogens is 1. The van der Waals surface area contributed by atoms with Crippen molar-refractivity contribution in [3.8, 4) is 0 Å². The highest BCUT2D eigenvalue weighted by Crippen LogP contribution is 2.06. The van der Waals surface area contributed by atoms with Crippen molar-refractivity contribution in [2.75, 3.05) is 0 Å². The van der Waals surface area contributed by atoms with E-state index in [1.807, 2.05) is 0 Å². The quantitative estimate of drug-likeness (QED) is 0.412. The van der Waals surface area contributed by atoms with E-state index in [1.165, 1.54) is 0 Å². The lowest BCUT2D eigenvalue weighted by molar-refractivity contribution is -0.608. The molecule has 0 aliphatic rings. The van der Waals surface area contributed by atoms with Gasteiger partial charge in [0.15, 0.2) is 6.26 Å². The Morgan fingerprint density at radius 2 is 1.70 bits per heavy atom. The van der Waals surface area contributed by atoms with E-state index in [4.69, 9.17) is 0 Å². The van der Waals surface area contributed by atoms with Gasteiger partial charge >= 0.3 is 7.25 Å². The van der Waals surface area contributed by atoms with E-state index in [-0.39, 0.29) is 0 Å². The number of hydrogen-bond acceptors (Lipinski definition) is 1. The largest absolute Gasteiger partial charge is 0.673 e. The Hall–Kier alpha value is -1.01. The van der Waals surface area contributed by atoms with Gasteiger partial charge in [-0.3, -0.25) is 0 Å². The summed E-state index contributed by atoms with van der Waals surface area (Å²) in [6.45, 7) is 0. The van der Waals surface area contributed by atoms with Crippen LogP contribution in [0.2, 0.25) is 0 Å². The van der Waals surface area contributed by atoms with Crippen LogP contribution in [-0.2, 0) is 0 Å². The van der Waals surface area contributed by atoms with Gasteiger partial charge in [0.25, 0.3) is 0 Å². The van der Waals surface area contributed by atoms with E-state index in [0.717, 1.165) is 0 Å². The molecule has 0 aromatic carbocycles. The molecule has 0 unspecified atom stereocenters. The summed E-state index contributed by atoms with van der Waals surface area (Å²) in [7, 11) is -6.00. The number of hydrogen-bond donors (Lipinski definition) is 0. The first kappa shape index (κ1) is 8.99. The fourth-order valence-electron chi connectivity index (χ4n) is 0.196. The smallest absolute Gasteiger partial charge is 0.418 e. The van der Waals surface area contributed by atoms with Crippen LogP contribution in [0, 0.1) is 0 Å². The molecule has 1 rings (SSSR count). The zero-order valence-electron chi connectivity index (χ0n) is 4.73. The van der Waals surface area contributed by atoms with Gasteiger partial charge in [0.2, 0.25) is 6.20 Å². The summed E-state index contributed by atoms with van der Waals surface area (Å²) < 4.78 is 43.5. The molecule has 0 radical (unpaired) electrons. The van der Waals surface area contributed by atoms with Crippen molar-refractivity contribution in [1.29, 1.82) is 0 Å². The maximum Gasteiger partial charge on any atom is 0.673 e. The Balaban J connectivity index is 0.000000162. The topological polar surface area (TPSA) is 27.3 Å². The summed E-state index contributed by atoms with van der Waals surface area (Å²) in [6.07, 6.45) is 3.28. The number of rotatable bonds is 0. The Morgan fingerprint density at radius 3 is 1.80 bits per heavy atom. The second kappa shape index (κ2) is 3.92. The van der Waals surface area contributed by atoms with Crippen LogP contribution in [0.1, 0.15) is 0 Å². The molecule has 0 spiro atoms. The molecule has 0 fully saturated rings. The van der Waals surface area contributed by atoms with Gasteiger partial charge < -0.3 is 17.3 Å². The number of halogens is 4. The van der Waals surface area contributed by atoms with E-state index in [9.17, 15) is 17.3 Å². The fourth-order valence-corrected chi connectivity index (χ4v) is 0.196. The minimum Gasteiger partial charge on any atom is -0.418 e. The average molecular weight is 157 g/mol. The molecule has 1 heterocycles. The van der Waals surface area contributed by atoms with Crippen LogP contribution in [0.4, 0.5) is 17.3 Å². The highest BCUT2D eigenvalue weighted by Gasteiger charge is 2.20. The first-order chi connectivity index (χ1) is 4.50. The van der Waals surface area contributed by atoms with E-state index < -0.39 is 7.25 Å². The van der Waals surface area contributed by atoms with E-state index >= 15 is 0 Å². The van der Waals surface area contributed by atoms with Crippen LogP contribution in [-0.4, -0.2) is 7.25 Å². The van der Waals surface area contributed by atoms with Crippen molar-refractivity contribution in [2.45, 2.75) is 0 Å². The Labute approximate surface area is 53.9 Å². The highest BCUT2D eigenvalue weighted by molar-refractivity contribution is 6.50. The highest BCUT2D eigenvalue weighted by atomic mass is 19.5. The van der Waals surface area contributed by atoms with Gasteiger partial charge in [-0.15, -0.1) is 0 Å². The second-order valence-electron chi connectivity index (χ2n) is 1.23. The SMILES string of the molecule is F[B-](F)(F)F.c1c[nH+]oc1. The summed E-state index contributed by atoms with van der Waals surface area (Å²) in [5.74, 6) is 0. The summed E-state index contributed by atoms with van der Waals surface area (Å²) in [4.78, 5) is 0. The molecule has 10 heavy (non-hydrogen) atoms. The number of nitrogens with one attached hydrogen (secondary N) is 1. The summed E-state index contributed by atoms with van der Waals surface area (Å²) in [5.41, 5.74) is 0. The minimum atomic E-state index is -6.00. The molecule has 1 aromatic heterocycles. The van der Waals surface area contributed by atoms with E-state index in [1.54, 1.807) is 18.5 Å². The predicted molar refractivity (Wildman–Crippen MR) is 25.4 cm³/mol. The second-order valence-corrected chi connectivity index (χ2v) is 1.23. The third kappa shape index (κ3) is 15.8. The van der Waals surface area contributed by atoms with Crippen LogP contribution in [0.25, 0.3) is 0 Å². The third-order valence-electron chi connectivity index (χ3n) is 0.379. The van der Waals surface area contributed by atoms with Crippen molar-refractivity contribution in [3.05, 3.63) is 18.5 Å². The molecule has 0 aliphatic carbocycles. The van der Waals surface area contributed by atoms with Crippen molar-refractivity contribution in [1.82, 2.24) is 0 Å². The van der Waals surface area contributed by atoms with Gasteiger partial charge in [0.05, 0.1) is 0 Å². The van der Waals surface area contributed by atoms with Crippen LogP contribution in [0.15, 0.2) is 23.0 Å². The molecule has 2 nitrogen and oxygen atoms in total. The third-order valence-corrected chi connectivity index (χ3v) is 0.379. The molecule has 0 saturated heterocycles. The van der Waals surface area contributed by atoms with Gasteiger partial charge in [-0.05, 0) is 5.16 Å². The molecule has 7 heteroatoms. The maximum atomic E-state index is 9.75. The number of aromatic amines is 1. The monoisotopic (exact) mass is 157 g/mol. The fraction of sp³-hybridized carbons (Fsp3) is 0. The molecule has 58 valence electrons. The minimum absolute atomic E-state index is 1.57. The lowest BCUT2D eigenvalue weighted by atomic mass is 10.3. The first-order valence-electron chi connectivity index (χ1n) is 2.27. The van der Waals surface area contributed by atoms with Crippen molar-refractivity contribution in [3.63, 3.8) is 0 Å². The molecule has 1 N–H and O–H groups in total. The molecular weight excluding hydrogens is 153 g/mol. The van der Waals surface area contributed by atoms with Crippen molar-refractivity contribution < 1.29 is 26.9 Å². The molecule has 0 aliphatic heterocycles. The molecule has 0 atom stereocenters. The first-order valence-corrected chi connectivity index (χ1v) is 2.27. The molecule has 0 saturated carbocycles. The normalized spacial score (nSPS) is 10.0. The van der Waals surface area contributed by atoms with E-state index in [0.29, 0.717) is 0 Å². The van der Waals surface area contributed by atoms with Crippen LogP contribution >= 0.6 is 0 Å². The number of aromatic nitrogens is 1. The summed E-state index contributed by atoms with van der Waals surface area (Å²) in [5, 5.41) is 2.49. The zero-order chi connectivity index (χ0) is 8.04. The molecular formula is C3H4BF4NO. The van der Waals surface area contributed by atoms with Crippen molar-refractivity contribution in [2.24, 2.45) is 0 Å². The van der Waals surface area contributed by atoms with Crippen molar-refractivity contribution >= 4 is 7.25 Å². The lowest BCUT2D eigenvalue weighted by Gasteiger charge is -1.94. The van der Waals surface area contributed by atoms with E-state index in [2.05, 4.69) is 9.68 Å². The standard InChI is InChI=1S/C3H3NO.BF4/c1-2-4-5-3-1;2-1(3,4)5/h1-3H;/q;-1/p+1. The van der Waals surface area contributed by atoms with Crippen LogP contribution in [0.5, 0.6) is 0 Å². The Morgan fingerprint density at radius 1 is 1.20 bits per heavy atom. The zero-order valence-corrected chi connectivity index (χ0v) is 4.73. The summed E-state index contributed by atoms with van der Waals surface area (Å²) >= 11 is 0. The van der Waals surface area contributed by atoms with Crippen LogP contribution in [0.3, 0.4) is 0 Å². The molecule has 0 bridgehead atoms. The lowest BCUT2D eigenvalue weighted by Crippen LogP contribution is -2.02. The van der Waals surface area contributed by atoms with Crippen LogP contribution < -0.4 is 5.16 Å². The Kier molecular flexibility index (Phi) is 3.52.